The maximum Gasteiger partial charge on any atom is 0.242 e. The summed E-state index contributed by atoms with van der Waals surface area (Å²) in [5.41, 5.74) is 6.65. The molecule has 20 heavy (non-hydrogen) atoms. The fourth-order valence-corrected chi connectivity index (χ4v) is 2.23. The third-order valence-electron chi connectivity index (χ3n) is 3.30. The first kappa shape index (κ1) is 16.5. The van der Waals surface area contributed by atoms with Crippen LogP contribution in [0.4, 0.5) is 11.5 Å². The number of methoxy groups -OCH3 is 1. The zero-order valence-electron chi connectivity index (χ0n) is 12.9. The van der Waals surface area contributed by atoms with Crippen LogP contribution in [0.3, 0.4) is 0 Å². The van der Waals surface area contributed by atoms with Crippen molar-refractivity contribution in [3.05, 3.63) is 6.33 Å². The van der Waals surface area contributed by atoms with Crippen LogP contribution < -0.4 is 15.4 Å². The van der Waals surface area contributed by atoms with Gasteiger partial charge in [-0.1, -0.05) is 13.8 Å². The lowest BCUT2D eigenvalue weighted by Gasteiger charge is -2.32. The van der Waals surface area contributed by atoms with E-state index < -0.39 is 0 Å². The molecule has 0 aliphatic rings. The Kier molecular flexibility index (Phi) is 7.08. The van der Waals surface area contributed by atoms with Gasteiger partial charge in [0, 0.05) is 19.7 Å². The van der Waals surface area contributed by atoms with Gasteiger partial charge < -0.3 is 20.1 Å². The van der Waals surface area contributed by atoms with Crippen LogP contribution in [0.25, 0.3) is 0 Å². The summed E-state index contributed by atoms with van der Waals surface area (Å²) in [5, 5.41) is 0. The summed E-state index contributed by atoms with van der Waals surface area (Å²) in [6, 6.07) is 0.372. The predicted octanol–water partition coefficient (Wildman–Crippen LogP) is 2.10. The Morgan fingerprint density at radius 3 is 2.50 bits per heavy atom. The van der Waals surface area contributed by atoms with E-state index in [1.54, 1.807) is 7.11 Å². The maximum atomic E-state index is 6.16. The molecule has 1 aromatic heterocycles. The molecule has 2 N–H and O–H groups in total. The van der Waals surface area contributed by atoms with Crippen molar-refractivity contribution in [1.82, 2.24) is 9.97 Å². The highest BCUT2D eigenvalue weighted by Crippen LogP contribution is 2.30. The normalized spacial score (nSPS) is 10.8. The molecule has 0 aromatic carbocycles. The Morgan fingerprint density at radius 2 is 1.95 bits per heavy atom. The average Bonchev–Trinajstić information content (AvgIpc) is 2.46. The fraction of sp³-hybridized carbons (Fsp3) is 0.714. The van der Waals surface area contributed by atoms with Crippen LogP contribution in [0, 0.1) is 0 Å². The van der Waals surface area contributed by atoms with E-state index in [-0.39, 0.29) is 0 Å². The SMILES string of the molecule is CCOc1ncnc(N(CCOC)C(CC)CC)c1N. The standard InChI is InChI=1S/C14H26N4O2/c1-5-11(6-2)18(8-9-19-4)13-12(15)14(20-7-3)17-10-16-13/h10-11H,5-9,15H2,1-4H3. The van der Waals surface area contributed by atoms with E-state index in [0.717, 1.165) is 25.2 Å². The smallest absolute Gasteiger partial charge is 0.242 e. The van der Waals surface area contributed by atoms with Gasteiger partial charge in [-0.3, -0.25) is 0 Å². The lowest BCUT2D eigenvalue weighted by atomic mass is 10.1. The van der Waals surface area contributed by atoms with E-state index in [0.29, 0.717) is 30.8 Å². The predicted molar refractivity (Wildman–Crippen MR) is 81.2 cm³/mol. The molecule has 0 amide bonds. The van der Waals surface area contributed by atoms with Crippen molar-refractivity contribution >= 4 is 11.5 Å². The number of nitrogens with zero attached hydrogens (tertiary/aromatic N) is 3. The van der Waals surface area contributed by atoms with E-state index in [4.69, 9.17) is 15.2 Å². The van der Waals surface area contributed by atoms with Gasteiger partial charge in [-0.2, -0.15) is 4.98 Å². The van der Waals surface area contributed by atoms with Crippen molar-refractivity contribution in [3.63, 3.8) is 0 Å². The second-order valence-electron chi connectivity index (χ2n) is 4.51. The topological polar surface area (TPSA) is 73.5 Å². The van der Waals surface area contributed by atoms with Gasteiger partial charge in [-0.05, 0) is 19.8 Å². The maximum absolute atomic E-state index is 6.16. The summed E-state index contributed by atoms with van der Waals surface area (Å²) in [4.78, 5) is 10.6. The third kappa shape index (κ3) is 3.96. The summed E-state index contributed by atoms with van der Waals surface area (Å²) in [6.07, 6.45) is 3.54. The molecule has 0 saturated heterocycles. The quantitative estimate of drug-likeness (QED) is 0.747. The molecule has 0 aliphatic heterocycles. The van der Waals surface area contributed by atoms with Crippen molar-refractivity contribution in [1.29, 1.82) is 0 Å². The monoisotopic (exact) mass is 282 g/mol. The molecule has 0 aliphatic carbocycles. The van der Waals surface area contributed by atoms with Crippen LogP contribution in [-0.4, -0.2) is 42.9 Å². The first-order chi connectivity index (χ1) is 9.69. The Hall–Kier alpha value is -1.56. The molecule has 0 radical (unpaired) electrons. The molecular weight excluding hydrogens is 256 g/mol. The van der Waals surface area contributed by atoms with Crippen LogP contribution in [-0.2, 0) is 4.74 Å². The summed E-state index contributed by atoms with van der Waals surface area (Å²) >= 11 is 0. The molecule has 0 bridgehead atoms. The highest BCUT2D eigenvalue weighted by Gasteiger charge is 2.21. The molecule has 0 unspecified atom stereocenters. The number of anilines is 2. The minimum absolute atomic E-state index is 0.372. The van der Waals surface area contributed by atoms with Crippen LogP contribution in [0.1, 0.15) is 33.6 Å². The van der Waals surface area contributed by atoms with Crippen LogP contribution in [0.15, 0.2) is 6.33 Å². The molecule has 0 atom stereocenters. The van der Waals surface area contributed by atoms with Gasteiger partial charge in [0.05, 0.1) is 13.2 Å². The van der Waals surface area contributed by atoms with Gasteiger partial charge >= 0.3 is 0 Å². The largest absolute Gasteiger partial charge is 0.476 e. The number of hydrogen-bond donors (Lipinski definition) is 1. The summed E-state index contributed by atoms with van der Waals surface area (Å²) in [7, 11) is 1.69. The van der Waals surface area contributed by atoms with Crippen LogP contribution in [0.2, 0.25) is 0 Å². The van der Waals surface area contributed by atoms with Gasteiger partial charge in [-0.25, -0.2) is 4.98 Å². The van der Waals surface area contributed by atoms with Gasteiger partial charge in [0.25, 0.3) is 0 Å². The van der Waals surface area contributed by atoms with Crippen molar-refractivity contribution in [2.24, 2.45) is 0 Å². The van der Waals surface area contributed by atoms with Crippen LogP contribution >= 0.6 is 0 Å². The van der Waals surface area contributed by atoms with Crippen LogP contribution in [0.5, 0.6) is 5.88 Å². The highest BCUT2D eigenvalue weighted by atomic mass is 16.5. The van der Waals surface area contributed by atoms with Gasteiger partial charge in [0.15, 0.2) is 5.82 Å². The average molecular weight is 282 g/mol. The molecular formula is C14H26N4O2. The zero-order valence-corrected chi connectivity index (χ0v) is 12.9. The van der Waals surface area contributed by atoms with E-state index in [1.165, 1.54) is 6.33 Å². The highest BCUT2D eigenvalue weighted by molar-refractivity contribution is 5.68. The molecule has 0 saturated carbocycles. The Bertz CT molecular complexity index is 397. The van der Waals surface area contributed by atoms with E-state index in [1.807, 2.05) is 6.92 Å². The summed E-state index contributed by atoms with van der Waals surface area (Å²) in [6.45, 7) is 8.14. The first-order valence-corrected chi connectivity index (χ1v) is 7.18. The number of rotatable bonds is 9. The van der Waals surface area contributed by atoms with Crippen molar-refractivity contribution in [3.8, 4) is 5.88 Å². The van der Waals surface area contributed by atoms with Gasteiger partial charge in [0.2, 0.25) is 5.88 Å². The number of nitrogen functional groups attached to an aromatic ring is 1. The van der Waals surface area contributed by atoms with Gasteiger partial charge in [-0.15, -0.1) is 0 Å². The van der Waals surface area contributed by atoms with Crippen molar-refractivity contribution in [2.45, 2.75) is 39.7 Å². The number of aromatic nitrogens is 2. The lowest BCUT2D eigenvalue weighted by molar-refractivity contribution is 0.202. The minimum Gasteiger partial charge on any atom is -0.476 e. The van der Waals surface area contributed by atoms with Crippen molar-refractivity contribution < 1.29 is 9.47 Å². The molecule has 0 spiro atoms. The first-order valence-electron chi connectivity index (χ1n) is 7.18. The molecule has 114 valence electrons. The number of nitrogens with two attached hydrogens (primary N) is 1. The number of hydrogen-bond acceptors (Lipinski definition) is 6. The lowest BCUT2D eigenvalue weighted by Crippen LogP contribution is -2.38. The molecule has 1 heterocycles. The zero-order chi connectivity index (χ0) is 15.0. The third-order valence-corrected chi connectivity index (χ3v) is 3.30. The van der Waals surface area contributed by atoms with E-state index in [9.17, 15) is 0 Å². The molecule has 1 rings (SSSR count). The Morgan fingerprint density at radius 1 is 1.25 bits per heavy atom. The summed E-state index contributed by atoms with van der Waals surface area (Å²) in [5.74, 6) is 1.18. The minimum atomic E-state index is 0.372. The molecule has 1 aromatic rings. The van der Waals surface area contributed by atoms with Crippen molar-refractivity contribution in [2.75, 3.05) is 37.5 Å². The molecule has 6 nitrogen and oxygen atoms in total. The number of ether oxygens (including phenoxy) is 2. The molecule has 6 heteroatoms. The second-order valence-corrected chi connectivity index (χ2v) is 4.51. The van der Waals surface area contributed by atoms with E-state index in [2.05, 4.69) is 28.7 Å². The van der Waals surface area contributed by atoms with E-state index >= 15 is 0 Å². The Labute approximate surface area is 121 Å². The fourth-order valence-electron chi connectivity index (χ4n) is 2.23. The Balaban J connectivity index is 3.08. The van der Waals surface area contributed by atoms with Gasteiger partial charge in [0.1, 0.15) is 12.0 Å². The second kappa shape index (κ2) is 8.58. The summed E-state index contributed by atoms with van der Waals surface area (Å²) < 4.78 is 10.6. The molecule has 0 fully saturated rings.